The van der Waals surface area contributed by atoms with Crippen molar-refractivity contribution < 1.29 is 31.4 Å². The van der Waals surface area contributed by atoms with E-state index in [-0.39, 0.29) is 17.5 Å². The Morgan fingerprint density at radius 2 is 2.00 bits per heavy atom. The van der Waals surface area contributed by atoms with Crippen LogP contribution in [-0.4, -0.2) is 35.7 Å². The second-order valence-electron chi connectivity index (χ2n) is 6.09. The summed E-state index contributed by atoms with van der Waals surface area (Å²) in [5.41, 5.74) is -2.71. The standard InChI is InChI=1S/C16H15BrF3N5O4S/c1-7(26)8(2)29-14-12(17)6-23-15(25-14)24-10-3-9(5-21)13(30(22,27)28)11(4-10)16(18,19)20/h3-4,6-8,26H,1-2H3,(H2,22,27,28)(H,23,24,25)/t7-,8-/m1/s1. The number of rotatable bonds is 6. The van der Waals surface area contributed by atoms with Crippen molar-refractivity contribution in [2.45, 2.75) is 37.1 Å². The third-order valence-electron chi connectivity index (χ3n) is 3.74. The van der Waals surface area contributed by atoms with E-state index in [4.69, 9.17) is 15.1 Å². The van der Waals surface area contributed by atoms with Gasteiger partial charge in [-0.2, -0.15) is 23.4 Å². The summed E-state index contributed by atoms with van der Waals surface area (Å²) >= 11 is 3.15. The molecule has 1 aromatic heterocycles. The summed E-state index contributed by atoms with van der Waals surface area (Å²) in [6, 6.07) is 2.75. The third-order valence-corrected chi connectivity index (χ3v) is 5.30. The predicted octanol–water partition coefficient (Wildman–Crippen LogP) is 2.67. The highest BCUT2D eigenvalue weighted by molar-refractivity contribution is 9.10. The minimum atomic E-state index is -5.10. The number of nitrogens with zero attached hydrogens (tertiary/aromatic N) is 3. The largest absolute Gasteiger partial charge is 0.471 e. The van der Waals surface area contributed by atoms with Gasteiger partial charge in [0, 0.05) is 5.69 Å². The van der Waals surface area contributed by atoms with Crippen LogP contribution in [0, 0.1) is 11.3 Å². The van der Waals surface area contributed by atoms with Crippen molar-refractivity contribution in [1.82, 2.24) is 9.97 Å². The van der Waals surface area contributed by atoms with Crippen LogP contribution in [-0.2, 0) is 16.2 Å². The summed E-state index contributed by atoms with van der Waals surface area (Å²) in [5.74, 6) is -0.204. The Hall–Kier alpha value is -2.47. The lowest BCUT2D eigenvalue weighted by Gasteiger charge is -2.18. The first-order chi connectivity index (χ1) is 13.7. The van der Waals surface area contributed by atoms with E-state index in [1.807, 2.05) is 0 Å². The Morgan fingerprint density at radius 3 is 2.50 bits per heavy atom. The molecule has 2 atom stereocenters. The maximum atomic E-state index is 13.4. The molecule has 0 amide bonds. The molecule has 30 heavy (non-hydrogen) atoms. The summed E-state index contributed by atoms with van der Waals surface area (Å²) in [4.78, 5) is 6.56. The normalized spacial score (nSPS) is 14.0. The molecule has 0 bridgehead atoms. The first-order valence-corrected chi connectivity index (χ1v) is 10.4. The number of nitriles is 1. The molecule has 14 heteroatoms. The molecule has 9 nitrogen and oxygen atoms in total. The summed E-state index contributed by atoms with van der Waals surface area (Å²) in [5, 5.41) is 26.0. The van der Waals surface area contributed by atoms with Gasteiger partial charge in [-0.1, -0.05) is 0 Å². The van der Waals surface area contributed by atoms with Crippen LogP contribution in [0.25, 0.3) is 0 Å². The van der Waals surface area contributed by atoms with Crippen molar-refractivity contribution in [1.29, 1.82) is 5.26 Å². The van der Waals surface area contributed by atoms with Crippen LogP contribution in [0.4, 0.5) is 24.8 Å². The first kappa shape index (κ1) is 23.8. The van der Waals surface area contributed by atoms with Gasteiger partial charge in [-0.25, -0.2) is 18.5 Å². The smallest absolute Gasteiger partial charge is 0.417 e. The first-order valence-electron chi connectivity index (χ1n) is 8.06. The Kier molecular flexibility index (Phi) is 6.92. The number of sulfonamides is 1. The van der Waals surface area contributed by atoms with Crippen LogP contribution in [0.15, 0.2) is 27.7 Å². The number of alkyl halides is 3. The Balaban J connectivity index is 2.53. The van der Waals surface area contributed by atoms with E-state index >= 15 is 0 Å². The molecule has 0 radical (unpaired) electrons. The second kappa shape index (κ2) is 8.72. The zero-order valence-electron chi connectivity index (χ0n) is 15.4. The van der Waals surface area contributed by atoms with Gasteiger partial charge in [0.15, 0.2) is 0 Å². The van der Waals surface area contributed by atoms with E-state index in [9.17, 15) is 26.7 Å². The fourth-order valence-corrected chi connectivity index (χ4v) is 3.38. The molecular formula is C16H15BrF3N5O4S. The average molecular weight is 510 g/mol. The van der Waals surface area contributed by atoms with Gasteiger partial charge in [0.05, 0.1) is 27.9 Å². The number of hydrogen-bond donors (Lipinski definition) is 3. The summed E-state index contributed by atoms with van der Waals surface area (Å²) < 4.78 is 69.3. The minimum absolute atomic E-state index is 0.00129. The summed E-state index contributed by atoms with van der Waals surface area (Å²) in [7, 11) is -4.83. The molecular weight excluding hydrogens is 495 g/mol. The lowest BCUT2D eigenvalue weighted by molar-refractivity contribution is -0.139. The Bertz CT molecular complexity index is 1100. The highest BCUT2D eigenvalue weighted by Crippen LogP contribution is 2.38. The van der Waals surface area contributed by atoms with Crippen molar-refractivity contribution in [3.8, 4) is 11.9 Å². The Morgan fingerprint density at radius 1 is 1.37 bits per heavy atom. The number of nitrogens with two attached hydrogens (primary N) is 1. The number of ether oxygens (including phenoxy) is 1. The average Bonchev–Trinajstić information content (AvgIpc) is 2.61. The number of benzene rings is 1. The number of aromatic nitrogens is 2. The van der Waals surface area contributed by atoms with Crippen LogP contribution in [0.1, 0.15) is 25.0 Å². The van der Waals surface area contributed by atoms with E-state index in [0.717, 1.165) is 6.07 Å². The highest BCUT2D eigenvalue weighted by Gasteiger charge is 2.38. The molecule has 0 aliphatic heterocycles. The molecule has 1 aromatic carbocycles. The fourth-order valence-electron chi connectivity index (χ4n) is 2.20. The van der Waals surface area contributed by atoms with E-state index in [1.54, 1.807) is 6.92 Å². The molecule has 0 aliphatic rings. The third kappa shape index (κ3) is 5.57. The van der Waals surface area contributed by atoms with Crippen molar-refractivity contribution in [3.05, 3.63) is 33.9 Å². The molecule has 0 unspecified atom stereocenters. The number of primary sulfonamides is 1. The lowest BCUT2D eigenvalue weighted by atomic mass is 10.1. The van der Waals surface area contributed by atoms with Gasteiger partial charge in [0.2, 0.25) is 21.9 Å². The van der Waals surface area contributed by atoms with Crippen LogP contribution in [0.3, 0.4) is 0 Å². The van der Waals surface area contributed by atoms with Crippen LogP contribution >= 0.6 is 15.9 Å². The maximum Gasteiger partial charge on any atom is 0.417 e. The van der Waals surface area contributed by atoms with Gasteiger partial charge in [0.25, 0.3) is 0 Å². The van der Waals surface area contributed by atoms with Crippen molar-refractivity contribution in [2.24, 2.45) is 5.14 Å². The number of hydrogen-bond acceptors (Lipinski definition) is 8. The van der Waals surface area contributed by atoms with Crippen LogP contribution in [0.2, 0.25) is 0 Å². The maximum absolute atomic E-state index is 13.4. The van der Waals surface area contributed by atoms with Crippen molar-refractivity contribution >= 4 is 37.6 Å². The lowest BCUT2D eigenvalue weighted by Crippen LogP contribution is -2.26. The molecule has 0 fully saturated rings. The van der Waals surface area contributed by atoms with Crippen LogP contribution < -0.4 is 15.2 Å². The minimum Gasteiger partial charge on any atom is -0.471 e. The molecule has 0 saturated carbocycles. The predicted molar refractivity (Wildman–Crippen MR) is 102 cm³/mol. The molecule has 2 rings (SSSR count). The molecule has 0 saturated heterocycles. The van der Waals surface area contributed by atoms with E-state index in [2.05, 4.69) is 31.2 Å². The zero-order valence-corrected chi connectivity index (χ0v) is 17.8. The zero-order chi connectivity index (χ0) is 22.9. The second-order valence-corrected chi connectivity index (χ2v) is 8.44. The monoisotopic (exact) mass is 509 g/mol. The number of nitrogens with one attached hydrogen (secondary N) is 1. The molecule has 0 aliphatic carbocycles. The van der Waals surface area contributed by atoms with E-state index in [0.29, 0.717) is 10.5 Å². The van der Waals surface area contributed by atoms with E-state index < -0.39 is 44.4 Å². The number of halogens is 4. The van der Waals surface area contributed by atoms with Crippen molar-refractivity contribution in [2.75, 3.05) is 5.32 Å². The number of anilines is 2. The number of aliphatic hydroxyl groups excluding tert-OH is 1. The van der Waals surface area contributed by atoms with Crippen molar-refractivity contribution in [3.63, 3.8) is 0 Å². The van der Waals surface area contributed by atoms with Crippen LogP contribution in [0.5, 0.6) is 5.88 Å². The fraction of sp³-hybridized carbons (Fsp3) is 0.312. The molecule has 4 N–H and O–H groups in total. The Labute approximate surface area is 177 Å². The van der Waals surface area contributed by atoms with E-state index in [1.165, 1.54) is 19.2 Å². The molecule has 2 aromatic rings. The van der Waals surface area contributed by atoms with Gasteiger partial charge >= 0.3 is 6.18 Å². The van der Waals surface area contributed by atoms with Gasteiger partial charge in [0.1, 0.15) is 17.1 Å². The van der Waals surface area contributed by atoms with Gasteiger partial charge < -0.3 is 15.2 Å². The van der Waals surface area contributed by atoms with Gasteiger partial charge in [-0.3, -0.25) is 0 Å². The quantitative estimate of drug-likeness (QED) is 0.537. The van der Waals surface area contributed by atoms with Gasteiger partial charge in [-0.05, 0) is 41.9 Å². The topological polar surface area (TPSA) is 151 Å². The molecule has 0 spiro atoms. The summed E-state index contributed by atoms with van der Waals surface area (Å²) in [6.45, 7) is 3.07. The highest BCUT2D eigenvalue weighted by atomic mass is 79.9. The molecule has 162 valence electrons. The summed E-state index contributed by atoms with van der Waals surface area (Å²) in [6.07, 6.45) is -5.33. The molecule has 1 heterocycles. The number of aliphatic hydroxyl groups is 1. The van der Waals surface area contributed by atoms with Gasteiger partial charge in [-0.15, -0.1) is 0 Å². The SMILES string of the molecule is C[C@@H](O)[C@@H](C)Oc1nc(Nc2cc(C#N)c(S(N)(=O)=O)c(C(F)(F)F)c2)ncc1Br.